The lowest BCUT2D eigenvalue weighted by Crippen LogP contribution is -2.41. The van der Waals surface area contributed by atoms with Gasteiger partial charge >= 0.3 is 6.03 Å². The van der Waals surface area contributed by atoms with Gasteiger partial charge in [-0.05, 0) is 31.9 Å². The van der Waals surface area contributed by atoms with Crippen molar-refractivity contribution in [3.8, 4) is 0 Å². The Kier molecular flexibility index (Phi) is 3.71. The molecule has 4 heteroatoms. The number of nitrogens with one attached hydrogen (secondary N) is 1. The van der Waals surface area contributed by atoms with Gasteiger partial charge in [0.2, 0.25) is 0 Å². The minimum Gasteiger partial charge on any atom is -0.464 e. The summed E-state index contributed by atoms with van der Waals surface area (Å²) in [6.07, 6.45) is 4.68. The van der Waals surface area contributed by atoms with Crippen molar-refractivity contribution in [2.75, 3.05) is 7.05 Å². The summed E-state index contributed by atoms with van der Waals surface area (Å²) in [5, 5.41) is 3.05. The first-order chi connectivity index (χ1) is 8.15. The molecule has 2 amide bonds. The molecule has 0 atom stereocenters. The number of hydrogen-bond donors (Lipinski definition) is 1. The van der Waals surface area contributed by atoms with Gasteiger partial charge in [0.15, 0.2) is 0 Å². The molecule has 1 aromatic rings. The summed E-state index contributed by atoms with van der Waals surface area (Å²) in [6, 6.07) is 4.18. The molecule has 0 aromatic carbocycles. The van der Waals surface area contributed by atoms with Gasteiger partial charge in [-0.25, -0.2) is 4.79 Å². The predicted octanol–water partition coefficient (Wildman–Crippen LogP) is 2.67. The Morgan fingerprint density at radius 1 is 1.47 bits per heavy atom. The van der Waals surface area contributed by atoms with Gasteiger partial charge in [-0.3, -0.25) is 0 Å². The molecule has 1 heterocycles. The minimum atomic E-state index is -0.00838. The largest absolute Gasteiger partial charge is 0.464 e. The highest BCUT2D eigenvalue weighted by atomic mass is 16.3. The highest BCUT2D eigenvalue weighted by Crippen LogP contribution is 2.18. The molecule has 1 aliphatic rings. The fraction of sp³-hybridized carbons (Fsp3) is 0.615. The lowest BCUT2D eigenvalue weighted by molar-refractivity contribution is 0.198. The Bertz CT molecular complexity index is 381. The Hall–Kier alpha value is -1.45. The van der Waals surface area contributed by atoms with Crippen molar-refractivity contribution in [2.24, 2.45) is 0 Å². The van der Waals surface area contributed by atoms with E-state index in [1.54, 1.807) is 11.9 Å². The molecule has 0 spiro atoms. The highest BCUT2D eigenvalue weighted by Gasteiger charge is 2.19. The van der Waals surface area contributed by atoms with Gasteiger partial charge in [0.25, 0.3) is 0 Å². The van der Waals surface area contributed by atoms with E-state index in [2.05, 4.69) is 5.32 Å². The number of amides is 2. The average molecular weight is 236 g/mol. The van der Waals surface area contributed by atoms with Crippen LogP contribution in [0.15, 0.2) is 16.5 Å². The molecule has 94 valence electrons. The molecule has 17 heavy (non-hydrogen) atoms. The van der Waals surface area contributed by atoms with Crippen LogP contribution in [0.5, 0.6) is 0 Å². The smallest absolute Gasteiger partial charge is 0.317 e. The van der Waals surface area contributed by atoms with Crippen molar-refractivity contribution in [1.29, 1.82) is 0 Å². The molecular formula is C13H20N2O2. The Balaban J connectivity index is 1.82. The summed E-state index contributed by atoms with van der Waals surface area (Å²) in [5.41, 5.74) is 0. The molecule has 1 N–H and O–H groups in total. The second-order valence-electron chi connectivity index (χ2n) is 4.80. The normalized spacial score (nSPS) is 16.1. The van der Waals surface area contributed by atoms with Crippen LogP contribution >= 0.6 is 0 Å². The standard InChI is InChI=1S/C13H20N2O2/c1-10-7-8-12(17-10)9-15(2)13(16)14-11-5-3-4-6-11/h7-8,11H,3-6,9H2,1-2H3,(H,14,16). The van der Waals surface area contributed by atoms with Gasteiger partial charge < -0.3 is 14.6 Å². The molecule has 0 unspecified atom stereocenters. The Morgan fingerprint density at radius 3 is 2.76 bits per heavy atom. The van der Waals surface area contributed by atoms with E-state index >= 15 is 0 Å². The van der Waals surface area contributed by atoms with Crippen LogP contribution in [0, 0.1) is 6.92 Å². The molecule has 1 aliphatic carbocycles. The summed E-state index contributed by atoms with van der Waals surface area (Å²) in [5.74, 6) is 1.70. The van der Waals surface area contributed by atoms with Crippen LogP contribution in [0.25, 0.3) is 0 Å². The molecular weight excluding hydrogens is 216 g/mol. The summed E-state index contributed by atoms with van der Waals surface area (Å²) in [6.45, 7) is 2.43. The van der Waals surface area contributed by atoms with Crippen LogP contribution in [0.1, 0.15) is 37.2 Å². The van der Waals surface area contributed by atoms with Crippen LogP contribution in [-0.2, 0) is 6.54 Å². The molecule has 1 saturated carbocycles. The molecule has 1 aromatic heterocycles. The van der Waals surface area contributed by atoms with E-state index in [0.29, 0.717) is 12.6 Å². The van der Waals surface area contributed by atoms with E-state index in [0.717, 1.165) is 24.4 Å². The van der Waals surface area contributed by atoms with Gasteiger partial charge in [-0.15, -0.1) is 0 Å². The fourth-order valence-electron chi connectivity index (χ4n) is 2.23. The van der Waals surface area contributed by atoms with Crippen molar-refractivity contribution < 1.29 is 9.21 Å². The third-order valence-corrected chi connectivity index (χ3v) is 3.22. The van der Waals surface area contributed by atoms with Crippen LogP contribution in [-0.4, -0.2) is 24.0 Å². The monoisotopic (exact) mass is 236 g/mol. The van der Waals surface area contributed by atoms with Crippen LogP contribution in [0.3, 0.4) is 0 Å². The van der Waals surface area contributed by atoms with Crippen LogP contribution < -0.4 is 5.32 Å². The first kappa shape index (κ1) is 12.0. The second kappa shape index (κ2) is 5.25. The molecule has 0 radical (unpaired) electrons. The zero-order valence-electron chi connectivity index (χ0n) is 10.5. The van der Waals surface area contributed by atoms with E-state index < -0.39 is 0 Å². The van der Waals surface area contributed by atoms with Crippen LogP contribution in [0.4, 0.5) is 4.79 Å². The number of urea groups is 1. The SMILES string of the molecule is Cc1ccc(CN(C)C(=O)NC2CCCC2)o1. The first-order valence-corrected chi connectivity index (χ1v) is 6.22. The van der Waals surface area contributed by atoms with Gasteiger partial charge in [0.1, 0.15) is 11.5 Å². The van der Waals surface area contributed by atoms with Crippen molar-refractivity contribution in [2.45, 2.75) is 45.2 Å². The Labute approximate surface area is 102 Å². The molecule has 2 rings (SSSR count). The molecule has 4 nitrogen and oxygen atoms in total. The van der Waals surface area contributed by atoms with E-state index in [9.17, 15) is 4.79 Å². The number of carbonyl (C=O) groups excluding carboxylic acids is 1. The maximum absolute atomic E-state index is 11.9. The molecule has 0 bridgehead atoms. The Morgan fingerprint density at radius 2 is 2.18 bits per heavy atom. The van der Waals surface area contributed by atoms with Crippen molar-refractivity contribution in [1.82, 2.24) is 10.2 Å². The second-order valence-corrected chi connectivity index (χ2v) is 4.80. The van der Waals surface area contributed by atoms with Crippen LogP contribution in [0.2, 0.25) is 0 Å². The summed E-state index contributed by atoms with van der Waals surface area (Å²) in [7, 11) is 1.79. The number of hydrogen-bond acceptors (Lipinski definition) is 2. The fourth-order valence-corrected chi connectivity index (χ4v) is 2.23. The lowest BCUT2D eigenvalue weighted by Gasteiger charge is -2.19. The molecule has 1 fully saturated rings. The van der Waals surface area contributed by atoms with E-state index in [1.165, 1.54) is 12.8 Å². The molecule has 0 saturated heterocycles. The van der Waals surface area contributed by atoms with E-state index in [-0.39, 0.29) is 6.03 Å². The van der Waals surface area contributed by atoms with Gasteiger partial charge in [0.05, 0.1) is 6.54 Å². The van der Waals surface area contributed by atoms with Gasteiger partial charge in [0, 0.05) is 13.1 Å². The topological polar surface area (TPSA) is 45.5 Å². The van der Waals surface area contributed by atoms with Crippen molar-refractivity contribution >= 4 is 6.03 Å². The zero-order valence-corrected chi connectivity index (χ0v) is 10.5. The lowest BCUT2D eigenvalue weighted by atomic mass is 10.2. The number of aryl methyl sites for hydroxylation is 1. The number of nitrogens with zero attached hydrogens (tertiary/aromatic N) is 1. The maximum Gasteiger partial charge on any atom is 0.317 e. The highest BCUT2D eigenvalue weighted by molar-refractivity contribution is 5.74. The minimum absolute atomic E-state index is 0.00838. The number of carbonyl (C=O) groups is 1. The van der Waals surface area contributed by atoms with E-state index in [4.69, 9.17) is 4.42 Å². The summed E-state index contributed by atoms with van der Waals surface area (Å²) >= 11 is 0. The summed E-state index contributed by atoms with van der Waals surface area (Å²) in [4.78, 5) is 13.5. The third-order valence-electron chi connectivity index (χ3n) is 3.22. The third kappa shape index (κ3) is 3.25. The van der Waals surface area contributed by atoms with Gasteiger partial charge in [-0.2, -0.15) is 0 Å². The average Bonchev–Trinajstić information content (AvgIpc) is 2.90. The molecule has 0 aliphatic heterocycles. The quantitative estimate of drug-likeness (QED) is 0.877. The van der Waals surface area contributed by atoms with Crippen molar-refractivity contribution in [3.63, 3.8) is 0 Å². The number of rotatable bonds is 3. The van der Waals surface area contributed by atoms with Gasteiger partial charge in [-0.1, -0.05) is 12.8 Å². The summed E-state index contributed by atoms with van der Waals surface area (Å²) < 4.78 is 5.45. The predicted molar refractivity (Wildman–Crippen MR) is 65.7 cm³/mol. The first-order valence-electron chi connectivity index (χ1n) is 6.22. The van der Waals surface area contributed by atoms with Crippen molar-refractivity contribution in [3.05, 3.63) is 23.7 Å². The zero-order chi connectivity index (χ0) is 12.3. The maximum atomic E-state index is 11.9. The number of furan rings is 1. The van der Waals surface area contributed by atoms with E-state index in [1.807, 2.05) is 19.1 Å².